The number of ether oxygens (including phenoxy) is 7. The molecule has 39 heteroatoms. The number of fused-ring (bicyclic) bond motifs is 1. The summed E-state index contributed by atoms with van der Waals surface area (Å²) >= 11 is 0. The number of anilines is 1. The summed E-state index contributed by atoms with van der Waals surface area (Å²) in [5.74, 6) is -9.38. The molecule has 2 aromatic carbocycles. The lowest BCUT2D eigenvalue weighted by atomic mass is 9.89. The highest BCUT2D eigenvalue weighted by Gasteiger charge is 2.54. The number of nitrogens with zero attached hydrogens (tertiary/aromatic N) is 4. The number of likely N-dealkylation sites (tertiary alicyclic amines) is 1. The molecule has 13 amide bonds. The first kappa shape index (κ1) is 96.5. The number of nitrogens with two attached hydrogens (primary N) is 1. The van der Waals surface area contributed by atoms with E-state index in [0.717, 1.165) is 4.90 Å². The molecule has 654 valence electrons. The Morgan fingerprint density at radius 2 is 1.32 bits per heavy atom. The van der Waals surface area contributed by atoms with Gasteiger partial charge in [0.05, 0.1) is 75.0 Å². The zero-order chi connectivity index (χ0) is 87.0. The van der Waals surface area contributed by atoms with Gasteiger partial charge >= 0.3 is 12.1 Å². The number of urea groups is 1. The van der Waals surface area contributed by atoms with Crippen molar-refractivity contribution in [2.24, 2.45) is 40.3 Å². The summed E-state index contributed by atoms with van der Waals surface area (Å²) in [6.45, 7) is 16.3. The largest absolute Gasteiger partial charge is 0.450 e. The number of primary amides is 1. The van der Waals surface area contributed by atoms with Crippen molar-refractivity contribution in [2.75, 3.05) is 73.0 Å². The topological polar surface area (TPSA) is 547 Å². The fourth-order valence-electron chi connectivity index (χ4n) is 14.6. The Bertz CT molecular complexity index is 3700. The monoisotopic (exact) mass is 1650 g/mol. The summed E-state index contributed by atoms with van der Waals surface area (Å²) in [5.41, 5.74) is 6.61. The van der Waals surface area contributed by atoms with Crippen LogP contribution in [0.1, 0.15) is 132 Å². The van der Waals surface area contributed by atoms with Crippen LogP contribution >= 0.6 is 0 Å². The number of amides is 13. The van der Waals surface area contributed by atoms with Crippen LogP contribution in [0.4, 0.5) is 15.3 Å². The highest BCUT2D eigenvalue weighted by Crippen LogP contribution is 2.35. The molecule has 22 atom stereocenters. The Hall–Kier alpha value is -9.29. The van der Waals surface area contributed by atoms with E-state index in [0.29, 0.717) is 36.9 Å². The van der Waals surface area contributed by atoms with E-state index < -0.39 is 231 Å². The van der Waals surface area contributed by atoms with Crippen LogP contribution in [0.25, 0.3) is 0 Å². The second-order valence-corrected chi connectivity index (χ2v) is 31.0. The number of aliphatic imine (C=N–C) groups is 1. The first-order valence-corrected chi connectivity index (χ1v) is 39.5. The molecule has 17 N–H and O–H groups in total. The highest BCUT2D eigenvalue weighted by molar-refractivity contribution is 5.99. The second-order valence-electron chi connectivity index (χ2n) is 31.0. The van der Waals surface area contributed by atoms with E-state index in [1.54, 1.807) is 104 Å². The first-order chi connectivity index (χ1) is 55.3. The summed E-state index contributed by atoms with van der Waals surface area (Å²) in [6.07, 6.45) is -16.8. The number of carbonyl (C=O) groups excluding carboxylic acids is 12. The Balaban J connectivity index is 0.983. The summed E-state index contributed by atoms with van der Waals surface area (Å²) in [7, 11) is 5.98. The quantitative estimate of drug-likeness (QED) is 0.0321. The lowest BCUT2D eigenvalue weighted by Gasteiger charge is -2.44. The number of nitrogens with one attached hydrogen (secondary N) is 9. The maximum Gasteiger partial charge on any atom is 0.410 e. The summed E-state index contributed by atoms with van der Waals surface area (Å²) < 4.78 is 40.0. The molecule has 0 aromatic heterocycles. The van der Waals surface area contributed by atoms with E-state index in [1.807, 2.05) is 19.9 Å². The molecule has 4 heterocycles. The lowest BCUT2D eigenvalue weighted by molar-refractivity contribution is -0.334. The maximum absolute atomic E-state index is 14.9. The standard InChI is InChI=1S/C78H122N14O25/c1-16-41(8)60(50(111-14)32-55(97)92-31-21-25-49(92)66(112-15)42(9)69(103)84-43(10)61(98)46-22-18-17-19-23-46)90(12)74(108)57(39(4)5)89-72(106)59(40(6)7)91(13)78(110)113-37-45-26-28-47(29-27-45)86-70(104)48(24-20-30-80-77(79)109)87-71(105)56(38(2)3)88-54(96)35-82-52(94)33-81-53(95)34-83-73(107)68-64(101)63(100)65(102)76(117-68)116-67-51(36-93)115-75-58(62(67)99)85-44(11)114-75/h17-19,22-23,26-29,38-43,48-51,56-68,75-76,93,98-102H,16,20-21,24-25,30-37H2,1-15H3,(H,81,95)(H,82,94)(H,83,107)(H,84,103)(H,86,104)(H,87,105)(H,88,96)(H,89,106)(H3,79,80,109)/t41-,42+,43+,48-,49+,50+,51?,56-,57-,58?,59-,60-,61+,62+,63-,64-,65?,66+,67+,68?,75-,76+/m0/s1. The van der Waals surface area contributed by atoms with E-state index >= 15 is 0 Å². The summed E-state index contributed by atoms with van der Waals surface area (Å²) in [4.78, 5) is 171. The van der Waals surface area contributed by atoms with Crippen molar-refractivity contribution >= 4 is 82.8 Å². The average molecular weight is 1660 g/mol. The molecule has 2 aromatic rings. The number of aliphatic hydroxyl groups excluding tert-OH is 6. The molecule has 117 heavy (non-hydrogen) atoms. The average Bonchev–Trinajstić information content (AvgIpc) is 1.72. The Labute approximate surface area is 681 Å². The normalized spacial score (nSPS) is 23.8. The molecule has 39 nitrogen and oxygen atoms in total. The summed E-state index contributed by atoms with van der Waals surface area (Å²) in [6, 6.07) is 6.72. The molecule has 4 aliphatic heterocycles. The number of carbonyl (C=O) groups is 12. The Kier molecular flexibility index (Phi) is 37.6. The van der Waals surface area contributed by atoms with Crippen molar-refractivity contribution in [3.8, 4) is 0 Å². The Morgan fingerprint density at radius 1 is 0.692 bits per heavy atom. The minimum absolute atomic E-state index is 0.0173. The molecule has 3 fully saturated rings. The van der Waals surface area contributed by atoms with Gasteiger partial charge < -0.3 is 127 Å². The molecule has 0 bridgehead atoms. The van der Waals surface area contributed by atoms with E-state index in [-0.39, 0.29) is 61.7 Å². The van der Waals surface area contributed by atoms with E-state index in [2.05, 4.69) is 52.8 Å². The molecular formula is C78H122N14O25. The van der Waals surface area contributed by atoms with E-state index in [1.165, 1.54) is 45.2 Å². The van der Waals surface area contributed by atoms with Crippen molar-refractivity contribution in [3.63, 3.8) is 0 Å². The summed E-state index contributed by atoms with van der Waals surface area (Å²) in [5, 5.41) is 86.7. The van der Waals surface area contributed by atoms with Gasteiger partial charge in [-0.05, 0) is 79.5 Å². The fourth-order valence-corrected chi connectivity index (χ4v) is 14.6. The SMILES string of the molecule is CC[C@H](C)[C@@H]([C@@H](CC(=O)N1CCC[C@@H]1[C@H](OC)[C@@H](C)C(=O)N[C@H](C)[C@@H](O)c1ccccc1)OC)N(C)C(=O)[C@@H](NC(=O)[C@H](C(C)C)N(C)C(=O)OCc1ccc(NC(=O)[C@H](CCCNC(N)=O)NC(=O)[C@@H](NC(=O)CNC(=O)CNC(=O)CNC(=O)C2O[C@@H](O[C@@H]3C(CO)O[C@@H]4OC(C)=NC4[C@H]3O)C(O)[C@@H](O)[C@@H]2O)C(C)C)cc1)C(C)C. The second kappa shape index (κ2) is 45.6. The molecule has 6 rings (SSSR count). The zero-order valence-corrected chi connectivity index (χ0v) is 69.1. The number of likely N-dealkylation sites (N-methyl/N-ethyl adjacent to an activating group) is 2. The van der Waals surface area contributed by atoms with Crippen LogP contribution in [-0.4, -0.2) is 306 Å². The van der Waals surface area contributed by atoms with Crippen molar-refractivity contribution in [2.45, 2.75) is 243 Å². The number of hydrogen-bond donors (Lipinski definition) is 16. The van der Waals surface area contributed by atoms with E-state index in [9.17, 15) is 88.2 Å². The third-order valence-corrected chi connectivity index (χ3v) is 21.4. The third kappa shape index (κ3) is 26.6. The molecule has 3 saturated heterocycles. The predicted molar refractivity (Wildman–Crippen MR) is 419 cm³/mol. The minimum atomic E-state index is -2.06. The van der Waals surface area contributed by atoms with Gasteiger partial charge in [-0.2, -0.15) is 0 Å². The van der Waals surface area contributed by atoms with E-state index in [4.69, 9.17) is 38.9 Å². The highest BCUT2D eigenvalue weighted by atomic mass is 16.7. The number of rotatable bonds is 42. The smallest absolute Gasteiger partial charge is 0.410 e. The lowest BCUT2D eigenvalue weighted by Crippen LogP contribution is -2.65. The van der Waals surface area contributed by atoms with Crippen LogP contribution in [-0.2, 0) is 87.7 Å². The molecule has 0 spiro atoms. The van der Waals surface area contributed by atoms with Gasteiger partial charge in [0, 0.05) is 54.0 Å². The number of hydrogen-bond acceptors (Lipinski definition) is 26. The minimum Gasteiger partial charge on any atom is -0.450 e. The van der Waals surface area contributed by atoms with Crippen molar-refractivity contribution in [3.05, 3.63) is 65.7 Å². The molecule has 4 unspecified atom stereocenters. The van der Waals surface area contributed by atoms with Crippen LogP contribution in [0.15, 0.2) is 59.6 Å². The first-order valence-electron chi connectivity index (χ1n) is 39.5. The van der Waals surface area contributed by atoms with Gasteiger partial charge in [0.2, 0.25) is 59.5 Å². The van der Waals surface area contributed by atoms with Gasteiger partial charge in [-0.25, -0.2) is 14.6 Å². The Morgan fingerprint density at radius 3 is 1.91 bits per heavy atom. The predicted octanol–water partition coefficient (Wildman–Crippen LogP) is -1.97. The van der Waals surface area contributed by atoms with Crippen LogP contribution in [0.2, 0.25) is 0 Å². The van der Waals surface area contributed by atoms with Gasteiger partial charge in [0.1, 0.15) is 73.4 Å². The molecule has 0 radical (unpaired) electrons. The van der Waals surface area contributed by atoms with Gasteiger partial charge in [-0.3, -0.25) is 52.8 Å². The van der Waals surface area contributed by atoms with Crippen molar-refractivity contribution in [1.29, 1.82) is 0 Å². The van der Waals surface area contributed by atoms with Crippen LogP contribution in [0.5, 0.6) is 0 Å². The molecule has 4 aliphatic rings. The number of aliphatic hydroxyl groups is 6. The van der Waals surface area contributed by atoms with Gasteiger partial charge in [0.15, 0.2) is 18.3 Å². The van der Waals surface area contributed by atoms with Crippen LogP contribution in [0.3, 0.4) is 0 Å². The molecule has 0 aliphatic carbocycles. The van der Waals surface area contributed by atoms with Crippen molar-refractivity contribution < 1.29 is 121 Å². The van der Waals surface area contributed by atoms with Crippen LogP contribution < -0.4 is 53.6 Å². The molecule has 0 saturated carbocycles. The van der Waals surface area contributed by atoms with Crippen molar-refractivity contribution in [1.82, 2.24) is 57.2 Å². The number of methoxy groups -OCH3 is 2. The zero-order valence-electron chi connectivity index (χ0n) is 69.1. The molecular weight excluding hydrogens is 1530 g/mol. The maximum atomic E-state index is 14.9. The third-order valence-electron chi connectivity index (χ3n) is 21.4. The van der Waals surface area contributed by atoms with Gasteiger partial charge in [-0.15, -0.1) is 0 Å². The van der Waals surface area contributed by atoms with Gasteiger partial charge in [-0.1, -0.05) is 111 Å². The van der Waals surface area contributed by atoms with Crippen LogP contribution in [0, 0.1) is 29.6 Å². The fraction of sp³-hybridized carbons (Fsp3) is 0.679. The van der Waals surface area contributed by atoms with Gasteiger partial charge in [0.25, 0.3) is 5.91 Å². The number of benzene rings is 2.